The smallest absolute Gasteiger partial charge is 0.0641 e. The summed E-state index contributed by atoms with van der Waals surface area (Å²) in [5.41, 5.74) is 3.86. The monoisotopic (exact) mass is 272 g/mol. The fourth-order valence-electron chi connectivity index (χ4n) is 2.84. The van der Waals surface area contributed by atoms with Crippen LogP contribution >= 0.6 is 12.4 Å². The molecule has 2 unspecified atom stereocenters. The summed E-state index contributed by atoms with van der Waals surface area (Å²) in [5.74, 6) is 0. The van der Waals surface area contributed by atoms with Crippen molar-refractivity contribution in [2.75, 3.05) is 13.1 Å². The molecular weight excluding hydrogens is 248 g/mol. The summed E-state index contributed by atoms with van der Waals surface area (Å²) in [5, 5.41) is 8.06. The molecule has 0 bridgehead atoms. The summed E-state index contributed by atoms with van der Waals surface area (Å²) >= 11 is 0. The lowest BCUT2D eigenvalue weighted by Crippen LogP contribution is -2.53. The molecule has 1 aromatic rings. The largest absolute Gasteiger partial charge is 0.309 e. The summed E-state index contributed by atoms with van der Waals surface area (Å²) in [6, 6.07) is 1.16. The first-order valence-corrected chi connectivity index (χ1v) is 6.45. The van der Waals surface area contributed by atoms with Crippen LogP contribution in [0, 0.1) is 13.8 Å². The topological polar surface area (TPSA) is 33.1 Å². The number of piperazine rings is 1. The predicted molar refractivity (Wildman–Crippen MR) is 77.3 cm³/mol. The third-order valence-electron chi connectivity index (χ3n) is 3.67. The number of aromatic nitrogens is 2. The van der Waals surface area contributed by atoms with Gasteiger partial charge in [0.25, 0.3) is 0 Å². The quantitative estimate of drug-likeness (QED) is 0.889. The van der Waals surface area contributed by atoms with E-state index in [2.05, 4.69) is 43.0 Å². The first kappa shape index (κ1) is 15.5. The summed E-state index contributed by atoms with van der Waals surface area (Å²) in [6.07, 6.45) is 0. The fourth-order valence-corrected chi connectivity index (χ4v) is 2.84. The van der Waals surface area contributed by atoms with Crippen molar-refractivity contribution < 1.29 is 0 Å². The van der Waals surface area contributed by atoms with Crippen molar-refractivity contribution in [3.05, 3.63) is 17.0 Å². The van der Waals surface area contributed by atoms with Crippen molar-refractivity contribution in [3.63, 3.8) is 0 Å². The minimum Gasteiger partial charge on any atom is -0.309 e. The van der Waals surface area contributed by atoms with E-state index in [4.69, 9.17) is 0 Å². The van der Waals surface area contributed by atoms with Gasteiger partial charge in [0.15, 0.2) is 0 Å². The van der Waals surface area contributed by atoms with E-state index in [-0.39, 0.29) is 12.4 Å². The lowest BCUT2D eigenvalue weighted by molar-refractivity contribution is 0.166. The summed E-state index contributed by atoms with van der Waals surface area (Å²) < 4.78 is 1.99. The highest BCUT2D eigenvalue weighted by atomic mass is 35.5. The van der Waals surface area contributed by atoms with Crippen LogP contribution in [0.25, 0.3) is 0 Å². The highest BCUT2D eigenvalue weighted by Gasteiger charge is 2.22. The second-order valence-electron chi connectivity index (χ2n) is 5.44. The number of aryl methyl sites for hydroxylation is 2. The van der Waals surface area contributed by atoms with Crippen LogP contribution < -0.4 is 5.32 Å². The zero-order valence-electron chi connectivity index (χ0n) is 12.0. The van der Waals surface area contributed by atoms with Gasteiger partial charge >= 0.3 is 0 Å². The Labute approximate surface area is 116 Å². The van der Waals surface area contributed by atoms with Gasteiger partial charge < -0.3 is 5.32 Å². The molecule has 0 radical (unpaired) electrons. The maximum atomic E-state index is 4.49. The SMILES string of the molecule is Cc1nn(C)c(C)c1CN1CC(C)NC(C)C1.Cl. The molecule has 18 heavy (non-hydrogen) atoms. The molecule has 2 heterocycles. The van der Waals surface area contributed by atoms with Crippen LogP contribution in [0.2, 0.25) is 0 Å². The third kappa shape index (κ3) is 3.25. The normalized spacial score (nSPS) is 24.9. The van der Waals surface area contributed by atoms with Crippen molar-refractivity contribution >= 4 is 12.4 Å². The summed E-state index contributed by atoms with van der Waals surface area (Å²) in [7, 11) is 2.02. The van der Waals surface area contributed by atoms with E-state index in [9.17, 15) is 0 Å². The van der Waals surface area contributed by atoms with Crippen LogP contribution in [-0.2, 0) is 13.6 Å². The molecule has 0 saturated carbocycles. The molecule has 1 aromatic heterocycles. The van der Waals surface area contributed by atoms with Crippen molar-refractivity contribution in [2.45, 2.75) is 46.3 Å². The van der Waals surface area contributed by atoms with Crippen LogP contribution in [0.3, 0.4) is 0 Å². The number of nitrogens with one attached hydrogen (secondary N) is 1. The van der Waals surface area contributed by atoms with Gasteiger partial charge in [-0.2, -0.15) is 5.10 Å². The Kier molecular flexibility index (Phi) is 5.20. The van der Waals surface area contributed by atoms with E-state index in [1.165, 1.54) is 17.0 Å². The van der Waals surface area contributed by atoms with E-state index in [1.807, 2.05) is 11.7 Å². The maximum absolute atomic E-state index is 4.49. The first-order valence-electron chi connectivity index (χ1n) is 6.45. The van der Waals surface area contributed by atoms with E-state index in [0.717, 1.165) is 19.6 Å². The molecule has 1 fully saturated rings. The second kappa shape index (κ2) is 6.04. The Morgan fingerprint density at radius 1 is 1.22 bits per heavy atom. The Morgan fingerprint density at radius 3 is 2.22 bits per heavy atom. The minimum atomic E-state index is 0. The van der Waals surface area contributed by atoms with Gasteiger partial charge in [0, 0.05) is 50.0 Å². The second-order valence-corrected chi connectivity index (χ2v) is 5.44. The van der Waals surface area contributed by atoms with Crippen LogP contribution in [0.1, 0.15) is 30.8 Å². The average Bonchev–Trinajstić information content (AvgIpc) is 2.44. The Hall–Kier alpha value is -0.580. The molecule has 0 aromatic carbocycles. The van der Waals surface area contributed by atoms with E-state index < -0.39 is 0 Å². The zero-order valence-corrected chi connectivity index (χ0v) is 12.8. The van der Waals surface area contributed by atoms with Gasteiger partial charge in [-0.25, -0.2) is 0 Å². The number of hydrogen-bond donors (Lipinski definition) is 1. The van der Waals surface area contributed by atoms with Crippen molar-refractivity contribution in [1.29, 1.82) is 0 Å². The van der Waals surface area contributed by atoms with Crippen molar-refractivity contribution in [2.24, 2.45) is 7.05 Å². The molecule has 2 atom stereocenters. The van der Waals surface area contributed by atoms with Gasteiger partial charge in [0.05, 0.1) is 5.69 Å². The van der Waals surface area contributed by atoms with Crippen molar-refractivity contribution in [3.8, 4) is 0 Å². The van der Waals surface area contributed by atoms with Crippen molar-refractivity contribution in [1.82, 2.24) is 20.0 Å². The van der Waals surface area contributed by atoms with Gasteiger partial charge in [-0.3, -0.25) is 9.58 Å². The van der Waals surface area contributed by atoms with Gasteiger partial charge in [0.2, 0.25) is 0 Å². The first-order chi connectivity index (χ1) is 7.97. The Morgan fingerprint density at radius 2 is 1.78 bits per heavy atom. The third-order valence-corrected chi connectivity index (χ3v) is 3.67. The average molecular weight is 273 g/mol. The molecule has 5 heteroatoms. The molecule has 0 spiro atoms. The molecule has 0 amide bonds. The summed E-state index contributed by atoms with van der Waals surface area (Å²) in [6.45, 7) is 12.1. The van der Waals surface area contributed by atoms with E-state index >= 15 is 0 Å². The van der Waals surface area contributed by atoms with E-state index in [0.29, 0.717) is 12.1 Å². The highest BCUT2D eigenvalue weighted by molar-refractivity contribution is 5.85. The number of rotatable bonds is 2. The number of hydrogen-bond acceptors (Lipinski definition) is 3. The molecule has 0 aliphatic carbocycles. The lowest BCUT2D eigenvalue weighted by atomic mass is 10.1. The predicted octanol–water partition coefficient (Wildman–Crippen LogP) is 1.64. The van der Waals surface area contributed by atoms with Crippen LogP contribution in [0.5, 0.6) is 0 Å². The van der Waals surface area contributed by atoms with E-state index in [1.54, 1.807) is 0 Å². The number of nitrogens with zero attached hydrogens (tertiary/aromatic N) is 3. The molecular formula is C13H25ClN4. The van der Waals surface area contributed by atoms with Gasteiger partial charge in [-0.05, 0) is 27.7 Å². The lowest BCUT2D eigenvalue weighted by Gasteiger charge is -2.36. The maximum Gasteiger partial charge on any atom is 0.0641 e. The molecule has 1 aliphatic rings. The summed E-state index contributed by atoms with van der Waals surface area (Å²) in [4.78, 5) is 2.53. The van der Waals surface area contributed by atoms with Gasteiger partial charge in [-0.1, -0.05) is 0 Å². The molecule has 1 aliphatic heterocycles. The van der Waals surface area contributed by atoms with Gasteiger partial charge in [0.1, 0.15) is 0 Å². The van der Waals surface area contributed by atoms with Crippen LogP contribution in [0.4, 0.5) is 0 Å². The Balaban J connectivity index is 0.00000162. The Bertz CT molecular complexity index is 392. The van der Waals surface area contributed by atoms with Crippen LogP contribution in [0.15, 0.2) is 0 Å². The van der Waals surface area contributed by atoms with Crippen LogP contribution in [-0.4, -0.2) is 39.9 Å². The number of halogens is 1. The standard InChI is InChI=1S/C13H24N4.ClH/c1-9-6-17(7-10(2)14-9)8-13-11(3)15-16(5)12(13)4;/h9-10,14H,6-8H2,1-5H3;1H. The highest BCUT2D eigenvalue weighted by Crippen LogP contribution is 2.16. The molecule has 104 valence electrons. The van der Waals surface area contributed by atoms with Gasteiger partial charge in [-0.15, -0.1) is 12.4 Å². The molecule has 1 saturated heterocycles. The minimum absolute atomic E-state index is 0. The molecule has 1 N–H and O–H groups in total. The fraction of sp³-hybridized carbons (Fsp3) is 0.769. The molecule has 2 rings (SSSR count). The zero-order chi connectivity index (χ0) is 12.6. The molecule has 4 nitrogen and oxygen atoms in total.